The molecule has 1 aliphatic heterocycles. The molecule has 176 valence electrons. The van der Waals surface area contributed by atoms with E-state index in [1.54, 1.807) is 6.21 Å². The van der Waals surface area contributed by atoms with E-state index in [4.69, 9.17) is 5.26 Å². The summed E-state index contributed by atoms with van der Waals surface area (Å²) in [5, 5.41) is 19.5. The minimum absolute atomic E-state index is 0.0139. The van der Waals surface area contributed by atoms with Crippen LogP contribution in [0.15, 0.2) is 16.6 Å². The molecule has 4 heteroatoms. The van der Waals surface area contributed by atoms with E-state index in [0.29, 0.717) is 30.1 Å². The van der Waals surface area contributed by atoms with Crippen molar-refractivity contribution in [2.45, 2.75) is 109 Å². The molecule has 4 aliphatic rings. The summed E-state index contributed by atoms with van der Waals surface area (Å²) in [4.78, 5) is 17.9. The third-order valence-corrected chi connectivity index (χ3v) is 9.82. The predicted octanol–water partition coefficient (Wildman–Crippen LogP) is 6.04. The average molecular weight is 439 g/mol. The van der Waals surface area contributed by atoms with Crippen LogP contribution in [0.5, 0.6) is 0 Å². The van der Waals surface area contributed by atoms with Crippen molar-refractivity contribution in [2.75, 3.05) is 0 Å². The van der Waals surface area contributed by atoms with E-state index in [9.17, 15) is 9.90 Å². The van der Waals surface area contributed by atoms with Gasteiger partial charge >= 0.3 is 0 Å². The Morgan fingerprint density at radius 1 is 1.19 bits per heavy atom. The number of fused-ring (bicyclic) bond motifs is 1. The fourth-order valence-electron chi connectivity index (χ4n) is 8.02. The number of hydrogen-bond acceptors (Lipinski definition) is 4. The van der Waals surface area contributed by atoms with Gasteiger partial charge in [0, 0.05) is 18.6 Å². The van der Waals surface area contributed by atoms with Crippen LogP contribution in [0.2, 0.25) is 0 Å². The lowest BCUT2D eigenvalue weighted by molar-refractivity contribution is -0.129. The Kier molecular flexibility index (Phi) is 6.97. The summed E-state index contributed by atoms with van der Waals surface area (Å²) < 4.78 is 0. The third kappa shape index (κ3) is 4.60. The first-order valence-corrected chi connectivity index (χ1v) is 13.2. The van der Waals surface area contributed by atoms with Crippen LogP contribution in [0, 0.1) is 46.3 Å². The average Bonchev–Trinajstić information content (AvgIpc) is 3.12. The van der Waals surface area contributed by atoms with Crippen LogP contribution in [-0.4, -0.2) is 28.7 Å². The van der Waals surface area contributed by atoms with Crippen LogP contribution in [-0.2, 0) is 4.79 Å². The first kappa shape index (κ1) is 23.7. The Morgan fingerprint density at radius 2 is 1.94 bits per heavy atom. The zero-order chi connectivity index (χ0) is 22.9. The highest BCUT2D eigenvalue weighted by molar-refractivity contribution is 5.86. The largest absolute Gasteiger partial charge is 0.390 e. The number of nitriles is 1. The molecule has 0 aromatic heterocycles. The number of aliphatic hydroxyl groups is 1. The molecule has 0 bridgehead atoms. The maximum absolute atomic E-state index is 13.5. The fourth-order valence-corrected chi connectivity index (χ4v) is 8.02. The molecule has 32 heavy (non-hydrogen) atoms. The molecule has 6 atom stereocenters. The second-order valence-electron chi connectivity index (χ2n) is 11.8. The monoisotopic (exact) mass is 438 g/mol. The van der Waals surface area contributed by atoms with Gasteiger partial charge in [-0.05, 0) is 93.8 Å². The molecule has 0 aromatic carbocycles. The van der Waals surface area contributed by atoms with Gasteiger partial charge < -0.3 is 5.11 Å². The van der Waals surface area contributed by atoms with Crippen molar-refractivity contribution in [2.24, 2.45) is 40.0 Å². The summed E-state index contributed by atoms with van der Waals surface area (Å²) in [6.07, 6.45) is 16.2. The Bertz CT molecular complexity index is 797. The van der Waals surface area contributed by atoms with E-state index < -0.39 is 5.60 Å². The van der Waals surface area contributed by atoms with Gasteiger partial charge in [-0.1, -0.05) is 32.8 Å². The predicted molar refractivity (Wildman–Crippen MR) is 128 cm³/mol. The molecule has 3 saturated carbocycles. The van der Waals surface area contributed by atoms with Crippen molar-refractivity contribution in [3.05, 3.63) is 11.6 Å². The van der Waals surface area contributed by atoms with Crippen molar-refractivity contribution in [3.8, 4) is 6.07 Å². The molecule has 1 heterocycles. The van der Waals surface area contributed by atoms with Gasteiger partial charge in [0.15, 0.2) is 0 Å². The van der Waals surface area contributed by atoms with Gasteiger partial charge in [-0.25, -0.2) is 0 Å². The number of Topliss-reactive ketones (excluding diaryl/α,β-unsaturated/α-hetero) is 1. The van der Waals surface area contributed by atoms with Crippen LogP contribution >= 0.6 is 0 Å². The van der Waals surface area contributed by atoms with Gasteiger partial charge in [-0.2, -0.15) is 5.26 Å². The Hall–Kier alpha value is -1.47. The van der Waals surface area contributed by atoms with Crippen molar-refractivity contribution in [3.63, 3.8) is 0 Å². The smallest absolute Gasteiger partial charge is 0.138 e. The Labute approximate surface area is 194 Å². The van der Waals surface area contributed by atoms with E-state index in [0.717, 1.165) is 37.0 Å². The highest BCUT2D eigenvalue weighted by Gasteiger charge is 2.56. The van der Waals surface area contributed by atoms with Crippen molar-refractivity contribution < 1.29 is 9.90 Å². The van der Waals surface area contributed by atoms with Crippen LogP contribution in [0.3, 0.4) is 0 Å². The quantitative estimate of drug-likeness (QED) is 0.549. The summed E-state index contributed by atoms with van der Waals surface area (Å²) in [5.74, 6) is 3.51. The molecule has 0 amide bonds. The van der Waals surface area contributed by atoms with Gasteiger partial charge in [0.2, 0.25) is 0 Å². The number of carbonyl (C=O) groups excluding carboxylic acids is 1. The van der Waals surface area contributed by atoms with Crippen LogP contribution in [0.25, 0.3) is 0 Å². The molecule has 0 saturated heterocycles. The molecular formula is C28H42N2O2. The molecule has 4 nitrogen and oxygen atoms in total. The van der Waals surface area contributed by atoms with Crippen molar-refractivity contribution in [1.29, 1.82) is 5.26 Å². The molecule has 4 rings (SSSR count). The highest BCUT2D eigenvalue weighted by atomic mass is 16.3. The molecule has 0 radical (unpaired) electrons. The zero-order valence-corrected chi connectivity index (χ0v) is 20.4. The highest BCUT2D eigenvalue weighted by Crippen LogP contribution is 2.62. The van der Waals surface area contributed by atoms with Gasteiger partial charge in [0.05, 0.1) is 17.2 Å². The van der Waals surface area contributed by atoms with E-state index in [2.05, 4.69) is 24.9 Å². The Balaban J connectivity index is 1.44. The van der Waals surface area contributed by atoms with Gasteiger partial charge in [0.25, 0.3) is 0 Å². The van der Waals surface area contributed by atoms with Gasteiger partial charge in [0.1, 0.15) is 11.9 Å². The van der Waals surface area contributed by atoms with Crippen LogP contribution in [0.1, 0.15) is 97.8 Å². The minimum Gasteiger partial charge on any atom is -0.390 e. The molecule has 0 aromatic rings. The summed E-state index contributed by atoms with van der Waals surface area (Å²) in [6, 6.07) is 2.16. The number of rotatable bonds is 6. The van der Waals surface area contributed by atoms with Crippen molar-refractivity contribution in [1.82, 2.24) is 0 Å². The lowest BCUT2D eigenvalue weighted by Gasteiger charge is -2.52. The second-order valence-corrected chi connectivity index (χ2v) is 11.8. The minimum atomic E-state index is -0.463. The standard InChI is InChI=1S/C28H42N2O2/c1-4-5-23-22(20-10-13-27(2,32)14-11-20)12-15-28(3)24(23)8-9-25(28)26(31)16-21-7-6-19(17-29)18-30-21/h6,18,20-25,32H,4-5,7-16H2,1-3H3/t20?,21?,22-,23-,24+,25-,27?,28+/m1/s1. The molecule has 1 N–H and O–H groups in total. The maximum Gasteiger partial charge on any atom is 0.138 e. The molecule has 3 aliphatic carbocycles. The number of carbonyl (C=O) groups is 1. The summed E-state index contributed by atoms with van der Waals surface area (Å²) in [7, 11) is 0. The normalized spacial score (nSPS) is 43.9. The number of dihydropyridines is 1. The van der Waals surface area contributed by atoms with Crippen LogP contribution in [0.4, 0.5) is 0 Å². The fraction of sp³-hybridized carbons (Fsp3) is 0.821. The molecule has 1 unspecified atom stereocenters. The van der Waals surface area contributed by atoms with E-state index in [1.165, 1.54) is 44.9 Å². The first-order chi connectivity index (χ1) is 15.3. The number of nitrogens with zero attached hydrogens (tertiary/aromatic N) is 2. The van der Waals surface area contributed by atoms with Crippen molar-refractivity contribution >= 4 is 12.0 Å². The van der Waals surface area contributed by atoms with Gasteiger partial charge in [-0.15, -0.1) is 0 Å². The lowest BCUT2D eigenvalue weighted by atomic mass is 9.53. The first-order valence-electron chi connectivity index (χ1n) is 13.2. The topological polar surface area (TPSA) is 73.4 Å². The zero-order valence-electron chi connectivity index (χ0n) is 20.4. The lowest BCUT2D eigenvalue weighted by Crippen LogP contribution is -2.46. The SMILES string of the molecule is CCC[C@@H]1[C@@H](C2CCC(C)(O)CC2)CC[C@]2(C)[C@@H](C(=O)CC3CC=C(C#N)C=N3)CC[C@@H]12. The van der Waals surface area contributed by atoms with E-state index in [-0.39, 0.29) is 17.4 Å². The number of hydrogen-bond donors (Lipinski definition) is 1. The maximum atomic E-state index is 13.5. The second kappa shape index (κ2) is 9.41. The Morgan fingerprint density at radius 3 is 2.56 bits per heavy atom. The molecular weight excluding hydrogens is 396 g/mol. The number of aliphatic imine (C=N–C) groups is 1. The summed E-state index contributed by atoms with van der Waals surface area (Å²) >= 11 is 0. The van der Waals surface area contributed by atoms with E-state index >= 15 is 0 Å². The van der Waals surface area contributed by atoms with E-state index in [1.807, 2.05) is 13.0 Å². The van der Waals surface area contributed by atoms with Gasteiger partial charge in [-0.3, -0.25) is 9.79 Å². The number of ketones is 1. The third-order valence-electron chi connectivity index (χ3n) is 9.82. The number of allylic oxidation sites excluding steroid dienone is 1. The molecule has 0 spiro atoms. The molecule has 3 fully saturated rings. The summed E-state index contributed by atoms with van der Waals surface area (Å²) in [6.45, 7) is 6.75. The van der Waals surface area contributed by atoms with Crippen LogP contribution < -0.4 is 0 Å². The summed E-state index contributed by atoms with van der Waals surface area (Å²) in [5.41, 5.74) is 0.293.